The molecule has 2 spiro atoms. The van der Waals surface area contributed by atoms with Crippen molar-refractivity contribution in [2.45, 2.75) is 69.9 Å². The number of ether oxygens (including phenoxy) is 1. The van der Waals surface area contributed by atoms with Crippen LogP contribution in [0.4, 0.5) is 0 Å². The van der Waals surface area contributed by atoms with Gasteiger partial charge in [0, 0.05) is 37.4 Å². The maximum absolute atomic E-state index is 12.0. The number of carbonyl (C=O) groups excluding carboxylic acids is 1. The van der Waals surface area contributed by atoms with Gasteiger partial charge in [-0.2, -0.15) is 0 Å². The predicted molar refractivity (Wildman–Crippen MR) is 96.4 cm³/mol. The third-order valence-electron chi connectivity index (χ3n) is 10.4. The molecule has 6 aliphatic carbocycles. The Labute approximate surface area is 159 Å². The Morgan fingerprint density at radius 1 is 1.26 bits per heavy atom. The van der Waals surface area contributed by atoms with E-state index in [9.17, 15) is 15.0 Å². The van der Waals surface area contributed by atoms with Crippen molar-refractivity contribution in [1.29, 1.82) is 0 Å². The molecule has 3 saturated heterocycles. The highest BCUT2D eigenvalue weighted by Gasteiger charge is 2.90. The number of nitrogens with zero attached hydrogens (tertiary/aromatic N) is 1. The van der Waals surface area contributed by atoms with Gasteiger partial charge in [0.1, 0.15) is 6.10 Å². The van der Waals surface area contributed by atoms with E-state index < -0.39 is 6.10 Å². The molecule has 146 valence electrons. The number of hydrogen-bond acceptors (Lipinski definition) is 5. The molecule has 4 unspecified atom stereocenters. The SMILES string of the molecule is C=C1C[C@]23C[C@H]4[C@@H]5[C@@]6(C)C[C@H](O)C[C@]57C(C2C(OC(C)=O)[C@H]1[C@@H](O)[C@H]37)N4C6. The molecule has 0 radical (unpaired) electrons. The Morgan fingerprint density at radius 3 is 2.78 bits per heavy atom. The molecule has 9 rings (SSSR count). The molecule has 0 aromatic heterocycles. The van der Waals surface area contributed by atoms with Crippen molar-refractivity contribution in [3.05, 3.63) is 12.2 Å². The monoisotopic (exact) mass is 371 g/mol. The van der Waals surface area contributed by atoms with E-state index in [2.05, 4.69) is 18.4 Å². The number of carbonyl (C=O) groups is 1. The Hall–Kier alpha value is -0.910. The summed E-state index contributed by atoms with van der Waals surface area (Å²) in [7, 11) is 0. The molecule has 3 heterocycles. The summed E-state index contributed by atoms with van der Waals surface area (Å²) in [5.74, 6) is 0.709. The molecular formula is C22H29NO4. The summed E-state index contributed by atoms with van der Waals surface area (Å²) in [5.41, 5.74) is 1.24. The third kappa shape index (κ3) is 1.34. The zero-order chi connectivity index (χ0) is 18.7. The summed E-state index contributed by atoms with van der Waals surface area (Å²) < 4.78 is 5.94. The summed E-state index contributed by atoms with van der Waals surface area (Å²) in [4.78, 5) is 14.7. The van der Waals surface area contributed by atoms with Crippen molar-refractivity contribution in [3.8, 4) is 0 Å². The van der Waals surface area contributed by atoms with Crippen LogP contribution < -0.4 is 0 Å². The van der Waals surface area contributed by atoms with E-state index in [0.717, 1.165) is 37.8 Å². The minimum atomic E-state index is -0.493. The standard InChI is InChI=1S/C22H29NO4/c1-9-4-21-7-12-17-20(3)5-11(25)6-22(17)18(21)15(26)13(9)16(27-10(2)24)14(21)19(22)23(12)8-20/h11-19,25-26H,1,4-8H2,2-3H3/t11-,12-,13+,14?,15+,16?,17+,18+,19?,20-,21-,22-/m0/s1. The Bertz CT molecular complexity index is 812. The average molecular weight is 371 g/mol. The van der Waals surface area contributed by atoms with Crippen LogP contribution >= 0.6 is 0 Å². The topological polar surface area (TPSA) is 70.0 Å². The fraction of sp³-hybridized carbons (Fsp3) is 0.864. The maximum atomic E-state index is 12.0. The van der Waals surface area contributed by atoms with Gasteiger partial charge in [-0.05, 0) is 53.8 Å². The van der Waals surface area contributed by atoms with E-state index in [1.807, 2.05) is 0 Å². The summed E-state index contributed by atoms with van der Waals surface area (Å²) in [5, 5.41) is 22.5. The molecule has 5 heteroatoms. The number of aliphatic hydroxyl groups excluding tert-OH is 2. The summed E-state index contributed by atoms with van der Waals surface area (Å²) >= 11 is 0. The van der Waals surface area contributed by atoms with Crippen LogP contribution in [0.2, 0.25) is 0 Å². The van der Waals surface area contributed by atoms with E-state index in [-0.39, 0.29) is 46.3 Å². The normalized spacial score (nSPS) is 68.7. The molecule has 6 saturated carbocycles. The number of hydrogen-bond donors (Lipinski definition) is 2. The molecule has 0 aromatic carbocycles. The lowest BCUT2D eigenvalue weighted by Gasteiger charge is -2.66. The summed E-state index contributed by atoms with van der Waals surface area (Å²) in [6, 6.07) is 0.930. The first kappa shape index (κ1) is 15.9. The predicted octanol–water partition coefficient (Wildman–Crippen LogP) is 1.33. The van der Waals surface area contributed by atoms with Crippen LogP contribution in [0.25, 0.3) is 0 Å². The van der Waals surface area contributed by atoms with Gasteiger partial charge in [-0.3, -0.25) is 9.69 Å². The second kappa shape index (κ2) is 4.17. The van der Waals surface area contributed by atoms with Gasteiger partial charge in [-0.15, -0.1) is 0 Å². The molecule has 0 amide bonds. The lowest BCUT2D eigenvalue weighted by molar-refractivity contribution is -0.221. The average Bonchev–Trinajstić information content (AvgIpc) is 2.95. The Balaban J connectivity index is 1.49. The molecule has 13 atom stereocenters. The third-order valence-corrected chi connectivity index (χ3v) is 10.4. The minimum absolute atomic E-state index is 0.00842. The summed E-state index contributed by atoms with van der Waals surface area (Å²) in [6.45, 7) is 9.25. The second-order valence-corrected chi connectivity index (χ2v) is 11.4. The largest absolute Gasteiger partial charge is 0.461 e. The van der Waals surface area contributed by atoms with E-state index in [1.165, 1.54) is 6.92 Å². The van der Waals surface area contributed by atoms with Crippen LogP contribution in [0.1, 0.15) is 39.5 Å². The lowest BCUT2D eigenvalue weighted by atomic mass is 9.39. The first-order chi connectivity index (χ1) is 12.7. The minimum Gasteiger partial charge on any atom is -0.461 e. The van der Waals surface area contributed by atoms with Gasteiger partial charge in [-0.1, -0.05) is 19.1 Å². The highest BCUT2D eigenvalue weighted by atomic mass is 16.5. The van der Waals surface area contributed by atoms with Crippen LogP contribution in [0, 0.1) is 39.9 Å². The molecule has 0 aromatic rings. The second-order valence-electron chi connectivity index (χ2n) is 11.4. The van der Waals surface area contributed by atoms with E-state index in [0.29, 0.717) is 23.9 Å². The molecule has 9 aliphatic rings. The van der Waals surface area contributed by atoms with E-state index in [4.69, 9.17) is 4.74 Å². The van der Waals surface area contributed by atoms with E-state index >= 15 is 0 Å². The molecule has 2 N–H and O–H groups in total. The van der Waals surface area contributed by atoms with Gasteiger partial charge in [0.05, 0.1) is 12.2 Å². The van der Waals surface area contributed by atoms with Crippen molar-refractivity contribution in [1.82, 2.24) is 4.90 Å². The number of aliphatic hydroxyl groups is 2. The van der Waals surface area contributed by atoms with Crippen molar-refractivity contribution >= 4 is 5.97 Å². The van der Waals surface area contributed by atoms with Gasteiger partial charge in [-0.25, -0.2) is 0 Å². The van der Waals surface area contributed by atoms with Gasteiger partial charge in [0.25, 0.3) is 0 Å². The van der Waals surface area contributed by atoms with Crippen LogP contribution in [-0.2, 0) is 9.53 Å². The first-order valence-corrected chi connectivity index (χ1v) is 10.7. The molecule has 9 bridgehead atoms. The zero-order valence-electron chi connectivity index (χ0n) is 16.1. The fourth-order valence-corrected chi connectivity index (χ4v) is 11.0. The van der Waals surface area contributed by atoms with Crippen LogP contribution in [0.5, 0.6) is 0 Å². The molecule has 9 fully saturated rings. The molecule has 5 nitrogen and oxygen atoms in total. The number of fused-ring (bicyclic) bond motifs is 1. The van der Waals surface area contributed by atoms with Crippen molar-refractivity contribution < 1.29 is 19.7 Å². The van der Waals surface area contributed by atoms with Crippen molar-refractivity contribution in [2.75, 3.05) is 6.54 Å². The highest BCUT2D eigenvalue weighted by Crippen LogP contribution is 2.87. The Morgan fingerprint density at radius 2 is 2.04 bits per heavy atom. The number of piperidine rings is 2. The van der Waals surface area contributed by atoms with Gasteiger partial charge >= 0.3 is 5.97 Å². The molecule has 3 aliphatic heterocycles. The van der Waals surface area contributed by atoms with Crippen molar-refractivity contribution in [2.24, 2.45) is 39.9 Å². The Kier molecular flexibility index (Phi) is 2.46. The summed E-state index contributed by atoms with van der Waals surface area (Å²) in [6.07, 6.45) is 2.78. The number of esters is 1. The molecular weight excluding hydrogens is 342 g/mol. The van der Waals surface area contributed by atoms with Crippen molar-refractivity contribution in [3.63, 3.8) is 0 Å². The highest BCUT2D eigenvalue weighted by molar-refractivity contribution is 5.66. The first-order valence-electron chi connectivity index (χ1n) is 10.7. The quantitative estimate of drug-likeness (QED) is 0.538. The van der Waals surface area contributed by atoms with Crippen LogP contribution in [-0.4, -0.2) is 58.0 Å². The zero-order valence-corrected chi connectivity index (χ0v) is 16.1. The van der Waals surface area contributed by atoms with Gasteiger partial charge in [0.2, 0.25) is 0 Å². The number of rotatable bonds is 1. The smallest absolute Gasteiger partial charge is 0.302 e. The van der Waals surface area contributed by atoms with Gasteiger partial charge in [0.15, 0.2) is 0 Å². The lowest BCUT2D eigenvalue weighted by Crippen LogP contribution is -2.68. The van der Waals surface area contributed by atoms with E-state index in [1.54, 1.807) is 0 Å². The molecule has 27 heavy (non-hydrogen) atoms. The maximum Gasteiger partial charge on any atom is 0.302 e. The van der Waals surface area contributed by atoms with Crippen LogP contribution in [0.15, 0.2) is 12.2 Å². The van der Waals surface area contributed by atoms with Crippen LogP contribution in [0.3, 0.4) is 0 Å². The fourth-order valence-electron chi connectivity index (χ4n) is 11.0. The van der Waals surface area contributed by atoms with Gasteiger partial charge < -0.3 is 14.9 Å².